The molecular weight excluding hydrogens is 567 g/mol. The molecule has 0 aromatic heterocycles. The minimum absolute atomic E-state index is 0.689. The Morgan fingerprint density at radius 3 is 0.784 bits per heavy atom. The molecule has 0 saturated carbocycles. The Morgan fingerprint density at radius 2 is 0.568 bits per heavy atom. The molecule has 0 bridgehead atoms. The third-order valence-corrected chi connectivity index (χ3v) is 5.18. The normalized spacial score (nSPS) is 25.8. The van der Waals surface area contributed by atoms with Crippen molar-refractivity contribution in [1.29, 1.82) is 0 Å². The van der Waals surface area contributed by atoms with Crippen molar-refractivity contribution < 1.29 is 79.7 Å². The van der Waals surface area contributed by atoms with Gasteiger partial charge in [0.25, 0.3) is 0 Å². The lowest BCUT2D eigenvalue weighted by molar-refractivity contribution is -0.0993. The van der Waals surface area contributed by atoms with Crippen molar-refractivity contribution in [1.82, 2.24) is 0 Å². The van der Waals surface area contributed by atoms with Crippen LogP contribution in [0.4, 0.5) is 74.6 Å². The number of hydrogen-bond acceptors (Lipinski definition) is 1. The van der Waals surface area contributed by atoms with Gasteiger partial charge in [0.15, 0.2) is 86.4 Å². The number of alkyl halides is 17. The van der Waals surface area contributed by atoms with Gasteiger partial charge in [0, 0.05) is 0 Å². The lowest BCUT2D eigenvalue weighted by Crippen LogP contribution is -2.52. The van der Waals surface area contributed by atoms with Crippen molar-refractivity contribution in [2.24, 2.45) is 0 Å². The Kier molecular flexibility index (Phi) is 15.5. The molecule has 0 saturated heterocycles. The summed E-state index contributed by atoms with van der Waals surface area (Å²) in [5, 5.41) is 8.09. The molecule has 16 unspecified atom stereocenters. The second-order valence-electron chi connectivity index (χ2n) is 7.94. The fourth-order valence-corrected chi connectivity index (χ4v) is 2.89. The standard InChI is InChI=1S/C19H23F17O/c20-3-1-2-4(21)5(22)6(23)7(24)8(25)9(26)10(27)11(28)12(29)13(30)14(31)15(32)16(33)17(34)18(35)19(36)37/h4-19,37H,1-3H2. The Balaban J connectivity index is 5.28. The highest BCUT2D eigenvalue weighted by Gasteiger charge is 2.53. The molecule has 0 aromatic rings. The molecule has 16 atom stereocenters. The van der Waals surface area contributed by atoms with Gasteiger partial charge in [-0.15, -0.1) is 0 Å². The summed E-state index contributed by atoms with van der Waals surface area (Å²) in [5.41, 5.74) is 0. The largest absolute Gasteiger partial charge is 0.362 e. The van der Waals surface area contributed by atoms with E-state index in [1.165, 1.54) is 0 Å². The first kappa shape index (κ1) is 35.8. The second-order valence-corrected chi connectivity index (χ2v) is 7.94. The second kappa shape index (κ2) is 16.0. The molecule has 0 aliphatic heterocycles. The SMILES string of the molecule is OC(F)C(F)C(F)C(F)C(F)C(F)C(F)C(F)C(F)C(F)C(F)C(F)C(F)C(F)C(F)C(F)CCCF. The van der Waals surface area contributed by atoms with Crippen molar-refractivity contribution in [3.8, 4) is 0 Å². The maximum Gasteiger partial charge on any atom is 0.231 e. The first-order valence-electron chi connectivity index (χ1n) is 10.4. The number of aliphatic hydroxyl groups is 1. The smallest absolute Gasteiger partial charge is 0.231 e. The number of hydrogen-bond donors (Lipinski definition) is 1. The summed E-state index contributed by atoms with van der Waals surface area (Å²) in [6, 6.07) is 0. The van der Waals surface area contributed by atoms with Gasteiger partial charge in [0.05, 0.1) is 6.67 Å². The lowest BCUT2D eigenvalue weighted by Gasteiger charge is -2.29. The number of rotatable bonds is 18. The van der Waals surface area contributed by atoms with Crippen LogP contribution >= 0.6 is 0 Å². The summed E-state index contributed by atoms with van der Waals surface area (Å²) in [7, 11) is 0. The Morgan fingerprint density at radius 1 is 0.351 bits per heavy atom. The van der Waals surface area contributed by atoms with Crippen LogP contribution in [0.1, 0.15) is 12.8 Å². The zero-order valence-electron chi connectivity index (χ0n) is 18.2. The van der Waals surface area contributed by atoms with E-state index in [9.17, 15) is 74.6 Å². The monoisotopic (exact) mass is 590 g/mol. The molecule has 1 nitrogen and oxygen atoms in total. The van der Waals surface area contributed by atoms with Crippen LogP contribution in [0.15, 0.2) is 0 Å². The molecule has 0 rings (SSSR count). The summed E-state index contributed by atoms with van der Waals surface area (Å²) in [6.07, 6.45) is -66.4. The Bertz CT molecular complexity index is 619. The number of halogens is 17. The van der Waals surface area contributed by atoms with E-state index in [1.807, 2.05) is 0 Å². The highest BCUT2D eigenvalue weighted by atomic mass is 19.2. The van der Waals surface area contributed by atoms with Crippen molar-refractivity contribution in [3.63, 3.8) is 0 Å². The first-order chi connectivity index (χ1) is 16.9. The summed E-state index contributed by atoms with van der Waals surface area (Å²) in [4.78, 5) is 0. The fraction of sp³-hybridized carbons (Fsp3) is 1.00. The first-order valence-corrected chi connectivity index (χ1v) is 10.4. The topological polar surface area (TPSA) is 20.2 Å². The summed E-state index contributed by atoms with van der Waals surface area (Å²) >= 11 is 0. The van der Waals surface area contributed by atoms with Crippen molar-refractivity contribution in [2.45, 2.75) is 112 Å². The van der Waals surface area contributed by atoms with Gasteiger partial charge in [0.2, 0.25) is 6.36 Å². The Labute approximate surface area is 199 Å². The lowest BCUT2D eigenvalue weighted by atomic mass is 9.93. The molecule has 224 valence electrons. The van der Waals surface area contributed by atoms with Crippen LogP contribution in [-0.4, -0.2) is 111 Å². The highest BCUT2D eigenvalue weighted by Crippen LogP contribution is 2.33. The van der Waals surface area contributed by atoms with Crippen LogP contribution < -0.4 is 0 Å². The third kappa shape index (κ3) is 9.48. The zero-order chi connectivity index (χ0) is 29.4. The van der Waals surface area contributed by atoms with E-state index in [0.717, 1.165) is 0 Å². The highest BCUT2D eigenvalue weighted by molar-refractivity contribution is 4.98. The van der Waals surface area contributed by atoms with Gasteiger partial charge in [-0.1, -0.05) is 0 Å². The summed E-state index contributed by atoms with van der Waals surface area (Å²) in [6.45, 7) is -1.22. The van der Waals surface area contributed by atoms with Gasteiger partial charge >= 0.3 is 0 Å². The molecule has 0 radical (unpaired) electrons. The van der Waals surface area contributed by atoms with E-state index < -0.39 is 118 Å². The van der Waals surface area contributed by atoms with Crippen molar-refractivity contribution >= 4 is 0 Å². The van der Waals surface area contributed by atoms with E-state index in [4.69, 9.17) is 5.11 Å². The van der Waals surface area contributed by atoms with E-state index in [-0.39, 0.29) is 0 Å². The molecule has 0 amide bonds. The average Bonchev–Trinajstić information content (AvgIpc) is 2.89. The van der Waals surface area contributed by atoms with Gasteiger partial charge in [-0.3, -0.25) is 4.39 Å². The van der Waals surface area contributed by atoms with Gasteiger partial charge in [-0.25, -0.2) is 70.2 Å². The maximum absolute atomic E-state index is 13.8. The molecule has 18 heteroatoms. The van der Waals surface area contributed by atoms with E-state index >= 15 is 0 Å². The van der Waals surface area contributed by atoms with E-state index in [2.05, 4.69) is 0 Å². The van der Waals surface area contributed by atoms with Crippen molar-refractivity contribution in [2.75, 3.05) is 6.67 Å². The molecule has 0 fully saturated rings. The molecule has 0 heterocycles. The maximum atomic E-state index is 13.8. The van der Waals surface area contributed by atoms with Crippen LogP contribution in [0, 0.1) is 0 Å². The molecule has 0 spiro atoms. The molecule has 0 aliphatic rings. The van der Waals surface area contributed by atoms with Crippen LogP contribution in [0.3, 0.4) is 0 Å². The van der Waals surface area contributed by atoms with Gasteiger partial charge < -0.3 is 5.11 Å². The van der Waals surface area contributed by atoms with Crippen LogP contribution in [-0.2, 0) is 0 Å². The average molecular weight is 590 g/mol. The van der Waals surface area contributed by atoms with E-state index in [0.29, 0.717) is 0 Å². The summed E-state index contributed by atoms with van der Waals surface area (Å²) < 4.78 is 227. The fourth-order valence-electron chi connectivity index (χ4n) is 2.89. The Hall–Kier alpha value is -1.23. The minimum atomic E-state index is -4.36. The predicted molar refractivity (Wildman–Crippen MR) is 95.8 cm³/mol. The third-order valence-electron chi connectivity index (χ3n) is 5.18. The van der Waals surface area contributed by atoms with E-state index in [1.54, 1.807) is 0 Å². The quantitative estimate of drug-likeness (QED) is 0.192. The molecule has 0 aliphatic carbocycles. The van der Waals surface area contributed by atoms with Crippen LogP contribution in [0.25, 0.3) is 0 Å². The molecule has 0 aromatic carbocycles. The van der Waals surface area contributed by atoms with Gasteiger partial charge in [0.1, 0.15) is 6.17 Å². The molecule has 1 N–H and O–H groups in total. The number of aliphatic hydroxyl groups excluding tert-OH is 1. The molecule has 37 heavy (non-hydrogen) atoms. The summed E-state index contributed by atoms with van der Waals surface area (Å²) in [5.74, 6) is 0. The predicted octanol–water partition coefficient (Wildman–Crippen LogP) is 6.10. The zero-order valence-corrected chi connectivity index (χ0v) is 18.2. The van der Waals surface area contributed by atoms with Gasteiger partial charge in [-0.05, 0) is 12.8 Å². The van der Waals surface area contributed by atoms with Gasteiger partial charge in [-0.2, -0.15) is 0 Å². The minimum Gasteiger partial charge on any atom is -0.362 e. The van der Waals surface area contributed by atoms with Crippen molar-refractivity contribution in [3.05, 3.63) is 0 Å². The van der Waals surface area contributed by atoms with Crippen LogP contribution in [0.2, 0.25) is 0 Å². The molecular formula is C19H23F17O. The van der Waals surface area contributed by atoms with Crippen LogP contribution in [0.5, 0.6) is 0 Å².